The molecule has 0 bridgehead atoms. The standard InChI is InChI=1S/C12H14N2O2S/c1-9(2)17(15,16)12-6-4-3-5-11(12)10-7-13-14-8-10/h3-9H,1-2H3,(H,13,14). The molecule has 0 saturated heterocycles. The van der Waals surface area contributed by atoms with E-state index in [0.29, 0.717) is 10.5 Å². The third kappa shape index (κ3) is 2.10. The van der Waals surface area contributed by atoms with Crippen molar-refractivity contribution in [2.24, 2.45) is 0 Å². The monoisotopic (exact) mass is 250 g/mol. The molecule has 0 fully saturated rings. The number of aromatic nitrogens is 2. The second-order valence-corrected chi connectivity index (χ2v) is 6.55. The van der Waals surface area contributed by atoms with E-state index < -0.39 is 15.1 Å². The van der Waals surface area contributed by atoms with Gasteiger partial charge in [0.05, 0.1) is 16.3 Å². The molecule has 5 heteroatoms. The van der Waals surface area contributed by atoms with Crippen LogP contribution in [0.15, 0.2) is 41.6 Å². The van der Waals surface area contributed by atoms with Gasteiger partial charge in [0.2, 0.25) is 0 Å². The molecule has 1 heterocycles. The molecule has 0 unspecified atom stereocenters. The molecule has 0 aliphatic carbocycles. The van der Waals surface area contributed by atoms with Crippen molar-refractivity contribution in [3.8, 4) is 11.1 Å². The zero-order chi connectivity index (χ0) is 12.5. The van der Waals surface area contributed by atoms with Crippen LogP contribution in [-0.4, -0.2) is 23.9 Å². The van der Waals surface area contributed by atoms with Gasteiger partial charge in [-0.05, 0) is 19.9 Å². The predicted octanol–water partition coefficient (Wildman–Crippen LogP) is 2.26. The van der Waals surface area contributed by atoms with Crippen LogP contribution >= 0.6 is 0 Å². The summed E-state index contributed by atoms with van der Waals surface area (Å²) in [6.45, 7) is 3.36. The Balaban J connectivity index is 2.65. The van der Waals surface area contributed by atoms with E-state index in [2.05, 4.69) is 10.2 Å². The van der Waals surface area contributed by atoms with Crippen molar-refractivity contribution in [2.75, 3.05) is 0 Å². The lowest BCUT2D eigenvalue weighted by atomic mass is 10.1. The van der Waals surface area contributed by atoms with Crippen LogP contribution in [0.4, 0.5) is 0 Å². The lowest BCUT2D eigenvalue weighted by Crippen LogP contribution is -2.14. The Kier molecular flexibility index (Phi) is 3.02. The van der Waals surface area contributed by atoms with Crippen LogP contribution in [0.2, 0.25) is 0 Å². The van der Waals surface area contributed by atoms with Gasteiger partial charge in [-0.1, -0.05) is 18.2 Å². The SMILES string of the molecule is CC(C)S(=O)(=O)c1ccccc1-c1cn[nH]c1. The van der Waals surface area contributed by atoms with Crippen molar-refractivity contribution in [3.63, 3.8) is 0 Å². The largest absolute Gasteiger partial charge is 0.285 e. The number of rotatable bonds is 3. The summed E-state index contributed by atoms with van der Waals surface area (Å²) in [7, 11) is -3.28. The first-order valence-electron chi connectivity index (χ1n) is 5.35. The van der Waals surface area contributed by atoms with Crippen LogP contribution in [-0.2, 0) is 9.84 Å². The summed E-state index contributed by atoms with van der Waals surface area (Å²) in [4.78, 5) is 0.358. The quantitative estimate of drug-likeness (QED) is 0.908. The van der Waals surface area contributed by atoms with E-state index in [-0.39, 0.29) is 0 Å². The first-order chi connectivity index (χ1) is 8.03. The van der Waals surface area contributed by atoms with Gasteiger partial charge in [0, 0.05) is 17.3 Å². The molecule has 0 atom stereocenters. The van der Waals surface area contributed by atoms with Crippen LogP contribution < -0.4 is 0 Å². The lowest BCUT2D eigenvalue weighted by Gasteiger charge is -2.11. The van der Waals surface area contributed by atoms with Gasteiger partial charge in [-0.3, -0.25) is 5.10 Å². The Hall–Kier alpha value is -1.62. The van der Waals surface area contributed by atoms with E-state index in [4.69, 9.17) is 0 Å². The molecule has 1 aromatic carbocycles. The van der Waals surface area contributed by atoms with Gasteiger partial charge in [-0.25, -0.2) is 8.42 Å². The molecule has 90 valence electrons. The van der Waals surface area contributed by atoms with Gasteiger partial charge in [0.25, 0.3) is 0 Å². The second-order valence-electron chi connectivity index (χ2n) is 4.08. The number of hydrogen-bond donors (Lipinski definition) is 1. The summed E-state index contributed by atoms with van der Waals surface area (Å²) in [5, 5.41) is 6.10. The summed E-state index contributed by atoms with van der Waals surface area (Å²) in [6, 6.07) is 6.98. The smallest absolute Gasteiger partial charge is 0.181 e. The van der Waals surface area contributed by atoms with E-state index in [1.165, 1.54) is 0 Å². The average Bonchev–Trinajstić information content (AvgIpc) is 2.82. The number of aromatic amines is 1. The van der Waals surface area contributed by atoms with Gasteiger partial charge in [0.1, 0.15) is 0 Å². The van der Waals surface area contributed by atoms with E-state index in [1.54, 1.807) is 44.4 Å². The molecule has 1 aromatic heterocycles. The van der Waals surface area contributed by atoms with Crippen LogP contribution in [0.5, 0.6) is 0 Å². The van der Waals surface area contributed by atoms with Crippen molar-refractivity contribution < 1.29 is 8.42 Å². The number of nitrogens with one attached hydrogen (secondary N) is 1. The summed E-state index contributed by atoms with van der Waals surface area (Å²) < 4.78 is 24.4. The summed E-state index contributed by atoms with van der Waals surface area (Å²) >= 11 is 0. The van der Waals surface area contributed by atoms with Gasteiger partial charge in [0.15, 0.2) is 9.84 Å². The first-order valence-corrected chi connectivity index (χ1v) is 6.90. The Labute approximate surface area is 101 Å². The molecular weight excluding hydrogens is 236 g/mol. The highest BCUT2D eigenvalue weighted by molar-refractivity contribution is 7.92. The van der Waals surface area contributed by atoms with Crippen molar-refractivity contribution in [1.82, 2.24) is 10.2 Å². The van der Waals surface area contributed by atoms with Crippen molar-refractivity contribution in [3.05, 3.63) is 36.7 Å². The van der Waals surface area contributed by atoms with Crippen LogP contribution in [0.1, 0.15) is 13.8 Å². The number of nitrogens with zero attached hydrogens (tertiary/aromatic N) is 1. The summed E-state index contributed by atoms with van der Waals surface area (Å²) in [6.07, 6.45) is 3.31. The van der Waals surface area contributed by atoms with Crippen molar-refractivity contribution in [2.45, 2.75) is 24.0 Å². The fourth-order valence-electron chi connectivity index (χ4n) is 1.61. The Morgan fingerprint density at radius 3 is 2.53 bits per heavy atom. The molecule has 0 amide bonds. The highest BCUT2D eigenvalue weighted by Gasteiger charge is 2.22. The molecule has 0 spiro atoms. The zero-order valence-electron chi connectivity index (χ0n) is 9.71. The average molecular weight is 250 g/mol. The number of H-pyrrole nitrogens is 1. The van der Waals surface area contributed by atoms with Gasteiger partial charge >= 0.3 is 0 Å². The maximum atomic E-state index is 12.2. The highest BCUT2D eigenvalue weighted by atomic mass is 32.2. The first kappa shape index (κ1) is 11.9. The second kappa shape index (κ2) is 4.33. The van der Waals surface area contributed by atoms with Crippen LogP contribution in [0, 0.1) is 0 Å². The molecule has 0 radical (unpaired) electrons. The molecule has 0 aliphatic rings. The Morgan fingerprint density at radius 1 is 1.24 bits per heavy atom. The van der Waals surface area contributed by atoms with Crippen LogP contribution in [0.3, 0.4) is 0 Å². The molecule has 2 rings (SSSR count). The number of hydrogen-bond acceptors (Lipinski definition) is 3. The molecule has 2 aromatic rings. The number of sulfone groups is 1. The summed E-state index contributed by atoms with van der Waals surface area (Å²) in [5.41, 5.74) is 1.47. The molecule has 0 saturated carbocycles. The van der Waals surface area contributed by atoms with E-state index >= 15 is 0 Å². The fraction of sp³-hybridized carbons (Fsp3) is 0.250. The Morgan fingerprint density at radius 2 is 1.94 bits per heavy atom. The van der Waals surface area contributed by atoms with Gasteiger partial charge in [-0.2, -0.15) is 5.10 Å². The minimum absolute atomic E-state index is 0.358. The minimum Gasteiger partial charge on any atom is -0.285 e. The predicted molar refractivity (Wildman–Crippen MR) is 66.3 cm³/mol. The topological polar surface area (TPSA) is 62.8 Å². The van der Waals surface area contributed by atoms with Crippen molar-refractivity contribution in [1.29, 1.82) is 0 Å². The van der Waals surface area contributed by atoms with Crippen molar-refractivity contribution >= 4 is 9.84 Å². The van der Waals surface area contributed by atoms with Gasteiger partial charge < -0.3 is 0 Å². The van der Waals surface area contributed by atoms with E-state index in [9.17, 15) is 8.42 Å². The maximum Gasteiger partial charge on any atom is 0.181 e. The maximum absolute atomic E-state index is 12.2. The third-order valence-corrected chi connectivity index (χ3v) is 4.83. The van der Waals surface area contributed by atoms with E-state index in [1.807, 2.05) is 6.07 Å². The summed E-state index contributed by atoms with van der Waals surface area (Å²) in [5.74, 6) is 0. The molecular formula is C12H14N2O2S. The normalized spacial score (nSPS) is 11.9. The highest BCUT2D eigenvalue weighted by Crippen LogP contribution is 2.28. The molecule has 4 nitrogen and oxygen atoms in total. The molecule has 17 heavy (non-hydrogen) atoms. The van der Waals surface area contributed by atoms with Crippen LogP contribution in [0.25, 0.3) is 11.1 Å². The van der Waals surface area contributed by atoms with Gasteiger partial charge in [-0.15, -0.1) is 0 Å². The third-order valence-electron chi connectivity index (χ3n) is 2.62. The Bertz CT molecular complexity index is 601. The fourth-order valence-corrected chi connectivity index (χ4v) is 2.87. The number of benzene rings is 1. The molecule has 0 aliphatic heterocycles. The van der Waals surface area contributed by atoms with E-state index in [0.717, 1.165) is 5.56 Å². The lowest BCUT2D eigenvalue weighted by molar-refractivity contribution is 0.587. The molecule has 1 N–H and O–H groups in total. The minimum atomic E-state index is -3.28. The zero-order valence-corrected chi connectivity index (χ0v) is 10.5.